The molecule has 1 fully saturated rings. The molecular formula is C19H21N5O7S. The molecule has 3 rings (SSSR count). The molecule has 0 bridgehead atoms. The van der Waals surface area contributed by atoms with E-state index in [-0.39, 0.29) is 48.3 Å². The van der Waals surface area contributed by atoms with Crippen molar-refractivity contribution in [2.45, 2.75) is 18.7 Å². The Labute approximate surface area is 183 Å². The molecule has 0 radical (unpaired) electrons. The topological polar surface area (TPSA) is 157 Å². The number of nitrogens with zero attached hydrogens (tertiary/aromatic N) is 4. The van der Waals surface area contributed by atoms with Crippen molar-refractivity contribution in [1.29, 1.82) is 0 Å². The number of morpholine rings is 1. The van der Waals surface area contributed by atoms with Gasteiger partial charge in [-0.25, -0.2) is 8.42 Å². The van der Waals surface area contributed by atoms with E-state index in [9.17, 15) is 28.6 Å². The van der Waals surface area contributed by atoms with Gasteiger partial charge in [-0.3, -0.25) is 25.7 Å². The zero-order valence-corrected chi connectivity index (χ0v) is 18.2. The molecule has 170 valence electrons. The van der Waals surface area contributed by atoms with Crippen LogP contribution in [0.4, 0.5) is 17.1 Å². The van der Waals surface area contributed by atoms with Crippen molar-refractivity contribution in [1.82, 2.24) is 4.31 Å². The quantitative estimate of drug-likeness (QED) is 0.373. The fourth-order valence-corrected chi connectivity index (χ4v) is 4.67. The Morgan fingerprint density at radius 3 is 2.41 bits per heavy atom. The predicted molar refractivity (Wildman–Crippen MR) is 116 cm³/mol. The monoisotopic (exact) mass is 463 g/mol. The third kappa shape index (κ3) is 4.90. The fourth-order valence-electron chi connectivity index (χ4n) is 3.10. The van der Waals surface area contributed by atoms with Gasteiger partial charge in [0.15, 0.2) is 0 Å². The number of rotatable bonds is 7. The van der Waals surface area contributed by atoms with E-state index in [1.807, 2.05) is 0 Å². The highest BCUT2D eigenvalue weighted by Crippen LogP contribution is 2.30. The summed E-state index contributed by atoms with van der Waals surface area (Å²) in [4.78, 5) is 20.9. The van der Waals surface area contributed by atoms with E-state index in [0.29, 0.717) is 16.8 Å². The van der Waals surface area contributed by atoms with E-state index in [2.05, 4.69) is 10.5 Å². The van der Waals surface area contributed by atoms with Crippen LogP contribution in [0, 0.1) is 27.2 Å². The summed E-state index contributed by atoms with van der Waals surface area (Å²) in [5.41, 5.74) is 3.57. The maximum atomic E-state index is 13.1. The van der Waals surface area contributed by atoms with Crippen LogP contribution in [0.15, 0.2) is 46.4 Å². The second-order valence-corrected chi connectivity index (χ2v) is 8.93. The number of hydrogen-bond acceptors (Lipinski definition) is 9. The zero-order chi connectivity index (χ0) is 23.5. The minimum Gasteiger partial charge on any atom is -0.379 e. The first kappa shape index (κ1) is 23.2. The molecule has 1 aliphatic heterocycles. The number of hydrogen-bond donors (Lipinski definition) is 1. The lowest BCUT2D eigenvalue weighted by Gasteiger charge is -2.26. The van der Waals surface area contributed by atoms with Gasteiger partial charge in [-0.15, -0.1) is 0 Å². The van der Waals surface area contributed by atoms with Crippen LogP contribution >= 0.6 is 0 Å². The number of nitrogens with one attached hydrogen (secondary N) is 1. The number of aryl methyl sites for hydroxylation is 1. The molecule has 12 nitrogen and oxygen atoms in total. The SMILES string of the molecule is C/C(=N\Nc1ccc([N+](=O)[O-])cc1S(=O)(=O)N1CCOCC1)c1ccc(C)c([N+](=O)[O-])c1. The van der Waals surface area contributed by atoms with Crippen molar-refractivity contribution >= 4 is 32.8 Å². The summed E-state index contributed by atoms with van der Waals surface area (Å²) in [5.74, 6) is 0. The summed E-state index contributed by atoms with van der Waals surface area (Å²) in [7, 11) is -4.06. The van der Waals surface area contributed by atoms with Gasteiger partial charge in [-0.05, 0) is 19.9 Å². The third-order valence-corrected chi connectivity index (χ3v) is 6.87. The van der Waals surface area contributed by atoms with Crippen LogP contribution in [0.5, 0.6) is 0 Å². The molecule has 13 heteroatoms. The molecular weight excluding hydrogens is 442 g/mol. The summed E-state index contributed by atoms with van der Waals surface area (Å²) in [6, 6.07) is 8.03. The molecule has 1 aliphatic rings. The highest BCUT2D eigenvalue weighted by molar-refractivity contribution is 7.89. The first-order chi connectivity index (χ1) is 15.1. The van der Waals surface area contributed by atoms with Crippen LogP contribution < -0.4 is 5.43 Å². The Balaban J connectivity index is 1.98. The number of ether oxygens (including phenoxy) is 1. The Morgan fingerprint density at radius 2 is 1.78 bits per heavy atom. The van der Waals surface area contributed by atoms with Crippen molar-refractivity contribution < 1.29 is 23.0 Å². The van der Waals surface area contributed by atoms with Gasteiger partial charge < -0.3 is 4.74 Å². The van der Waals surface area contributed by atoms with Gasteiger partial charge >= 0.3 is 0 Å². The molecule has 0 amide bonds. The summed E-state index contributed by atoms with van der Waals surface area (Å²) < 4.78 is 32.7. The highest BCUT2D eigenvalue weighted by atomic mass is 32.2. The van der Waals surface area contributed by atoms with Gasteiger partial charge in [0.2, 0.25) is 10.0 Å². The average Bonchev–Trinajstić information content (AvgIpc) is 2.78. The zero-order valence-electron chi connectivity index (χ0n) is 17.3. The van der Waals surface area contributed by atoms with Crippen molar-refractivity contribution in [3.63, 3.8) is 0 Å². The van der Waals surface area contributed by atoms with Crippen molar-refractivity contribution in [2.24, 2.45) is 5.10 Å². The first-order valence-electron chi connectivity index (χ1n) is 9.53. The van der Waals surface area contributed by atoms with Crippen LogP contribution in [0.2, 0.25) is 0 Å². The van der Waals surface area contributed by atoms with Gasteiger partial charge in [0, 0.05) is 42.4 Å². The number of benzene rings is 2. The molecule has 0 saturated carbocycles. The minimum absolute atomic E-state index is 0.0445. The van der Waals surface area contributed by atoms with Gasteiger partial charge in [-0.1, -0.05) is 12.1 Å². The van der Waals surface area contributed by atoms with Gasteiger partial charge in [0.1, 0.15) is 4.90 Å². The van der Waals surface area contributed by atoms with Crippen LogP contribution in [0.25, 0.3) is 0 Å². The van der Waals surface area contributed by atoms with E-state index in [1.165, 1.54) is 22.5 Å². The fraction of sp³-hybridized carbons (Fsp3) is 0.316. The second-order valence-electron chi connectivity index (χ2n) is 7.02. The number of hydrazone groups is 1. The minimum atomic E-state index is -4.06. The summed E-state index contributed by atoms with van der Waals surface area (Å²) in [5, 5.41) is 26.5. The largest absolute Gasteiger partial charge is 0.379 e. The van der Waals surface area contributed by atoms with E-state index in [4.69, 9.17) is 4.74 Å². The second kappa shape index (κ2) is 9.38. The average molecular weight is 463 g/mol. The standard InChI is InChI=1S/C19H21N5O7S/c1-13-3-4-15(11-18(13)24(27)28)14(2)20-21-17-6-5-16(23(25)26)12-19(17)32(29,30)22-7-9-31-10-8-22/h3-6,11-12,21H,7-10H2,1-2H3/b20-14+. The Morgan fingerprint density at radius 1 is 1.09 bits per heavy atom. The molecule has 0 atom stereocenters. The maximum Gasteiger partial charge on any atom is 0.272 e. The van der Waals surface area contributed by atoms with Gasteiger partial charge in [0.05, 0.1) is 34.5 Å². The molecule has 0 aromatic heterocycles. The van der Waals surface area contributed by atoms with E-state index >= 15 is 0 Å². The molecule has 1 saturated heterocycles. The normalized spacial score (nSPS) is 15.4. The van der Waals surface area contributed by atoms with E-state index in [0.717, 1.165) is 6.07 Å². The summed E-state index contributed by atoms with van der Waals surface area (Å²) in [6.07, 6.45) is 0. The lowest BCUT2D eigenvalue weighted by molar-refractivity contribution is -0.385. The number of nitro groups is 2. The molecule has 0 unspecified atom stereocenters. The van der Waals surface area contributed by atoms with Crippen LogP contribution in [0.3, 0.4) is 0 Å². The molecule has 1 N–H and O–H groups in total. The summed E-state index contributed by atoms with van der Waals surface area (Å²) >= 11 is 0. The number of non-ortho nitro benzene ring substituents is 1. The first-order valence-corrected chi connectivity index (χ1v) is 11.0. The molecule has 2 aromatic carbocycles. The van der Waals surface area contributed by atoms with Gasteiger partial charge in [0.25, 0.3) is 11.4 Å². The molecule has 0 spiro atoms. The van der Waals surface area contributed by atoms with Crippen LogP contribution in [-0.2, 0) is 14.8 Å². The van der Waals surface area contributed by atoms with Crippen molar-refractivity contribution in [3.8, 4) is 0 Å². The molecule has 1 heterocycles. The number of anilines is 1. The van der Waals surface area contributed by atoms with Crippen LogP contribution in [0.1, 0.15) is 18.1 Å². The lowest BCUT2D eigenvalue weighted by Crippen LogP contribution is -2.40. The molecule has 2 aromatic rings. The smallest absolute Gasteiger partial charge is 0.272 e. The summed E-state index contributed by atoms with van der Waals surface area (Å²) in [6.45, 7) is 3.91. The van der Waals surface area contributed by atoms with Crippen molar-refractivity contribution in [3.05, 3.63) is 67.8 Å². The van der Waals surface area contributed by atoms with E-state index in [1.54, 1.807) is 26.0 Å². The Hall–Kier alpha value is -3.42. The Bertz CT molecular complexity index is 1190. The van der Waals surface area contributed by atoms with Gasteiger partial charge in [-0.2, -0.15) is 9.41 Å². The number of sulfonamides is 1. The maximum absolute atomic E-state index is 13.1. The molecule has 32 heavy (non-hydrogen) atoms. The predicted octanol–water partition coefficient (Wildman–Crippen LogP) is 2.67. The Kier molecular flexibility index (Phi) is 6.81. The molecule has 0 aliphatic carbocycles. The van der Waals surface area contributed by atoms with E-state index < -0.39 is 19.9 Å². The highest BCUT2D eigenvalue weighted by Gasteiger charge is 2.30. The third-order valence-electron chi connectivity index (χ3n) is 4.93. The van der Waals surface area contributed by atoms with Crippen molar-refractivity contribution in [2.75, 3.05) is 31.7 Å². The lowest BCUT2D eigenvalue weighted by atomic mass is 10.1. The van der Waals surface area contributed by atoms with Crippen LogP contribution in [-0.4, -0.2) is 54.6 Å². The number of nitro benzene ring substituents is 2.